The molecule has 0 bridgehead atoms. The second-order valence-corrected chi connectivity index (χ2v) is 6.37. The maximum Gasteiger partial charge on any atom is 0.258 e. The van der Waals surface area contributed by atoms with Crippen molar-refractivity contribution in [2.45, 2.75) is 27.3 Å². The van der Waals surface area contributed by atoms with E-state index in [9.17, 15) is 4.79 Å². The Morgan fingerprint density at radius 2 is 1.91 bits per heavy atom. The molecule has 0 saturated carbocycles. The maximum atomic E-state index is 12.1. The Bertz CT molecular complexity index is 845. The monoisotopic (exact) mass is 313 g/mol. The van der Waals surface area contributed by atoms with E-state index in [1.54, 1.807) is 16.7 Å². The van der Waals surface area contributed by atoms with Gasteiger partial charge in [-0.1, -0.05) is 6.07 Å². The lowest BCUT2D eigenvalue weighted by Crippen LogP contribution is -2.24. The highest BCUT2D eigenvalue weighted by molar-refractivity contribution is 7.15. The van der Waals surface area contributed by atoms with E-state index in [0.717, 1.165) is 17.2 Å². The van der Waals surface area contributed by atoms with Gasteiger partial charge in [0.1, 0.15) is 0 Å². The first kappa shape index (κ1) is 14.8. The van der Waals surface area contributed by atoms with Gasteiger partial charge >= 0.3 is 0 Å². The van der Waals surface area contributed by atoms with Gasteiger partial charge in [0.05, 0.1) is 12.2 Å². The molecule has 0 aliphatic rings. The Balaban J connectivity index is 1.95. The Kier molecular flexibility index (Phi) is 3.98. The summed E-state index contributed by atoms with van der Waals surface area (Å²) in [4.78, 5) is 19.7. The molecule has 0 N–H and O–H groups in total. The SMILES string of the molecule is CCN(Cc1cc(=O)n2ccsc2n1)c1cc(C)cc(C)c1. The molecule has 2 heterocycles. The van der Waals surface area contributed by atoms with Gasteiger partial charge in [-0.15, -0.1) is 11.3 Å². The Morgan fingerprint density at radius 3 is 2.59 bits per heavy atom. The van der Waals surface area contributed by atoms with E-state index in [1.807, 2.05) is 5.38 Å². The molecule has 0 fully saturated rings. The summed E-state index contributed by atoms with van der Waals surface area (Å²) in [6, 6.07) is 8.14. The van der Waals surface area contributed by atoms with E-state index >= 15 is 0 Å². The number of thiazole rings is 1. The minimum atomic E-state index is -0.0160. The van der Waals surface area contributed by atoms with Crippen LogP contribution >= 0.6 is 11.3 Å². The van der Waals surface area contributed by atoms with E-state index < -0.39 is 0 Å². The molecule has 0 amide bonds. The normalized spacial score (nSPS) is 11.0. The summed E-state index contributed by atoms with van der Waals surface area (Å²) in [6.45, 7) is 7.84. The summed E-state index contributed by atoms with van der Waals surface area (Å²) in [5.74, 6) is 0. The molecule has 114 valence electrons. The molecule has 4 nitrogen and oxygen atoms in total. The zero-order valence-electron chi connectivity index (χ0n) is 13.0. The van der Waals surface area contributed by atoms with Crippen molar-refractivity contribution in [2.75, 3.05) is 11.4 Å². The molecule has 0 aliphatic carbocycles. The number of rotatable bonds is 4. The van der Waals surface area contributed by atoms with Crippen molar-refractivity contribution in [3.8, 4) is 0 Å². The first-order chi connectivity index (χ1) is 10.6. The average molecular weight is 313 g/mol. The highest BCUT2D eigenvalue weighted by Gasteiger charge is 2.10. The maximum absolute atomic E-state index is 12.1. The summed E-state index contributed by atoms with van der Waals surface area (Å²) >= 11 is 1.48. The number of nitrogens with zero attached hydrogens (tertiary/aromatic N) is 3. The molecule has 3 aromatic rings. The van der Waals surface area contributed by atoms with Crippen molar-refractivity contribution in [2.24, 2.45) is 0 Å². The van der Waals surface area contributed by atoms with Gasteiger partial charge in [0.25, 0.3) is 5.56 Å². The molecule has 0 radical (unpaired) electrons. The second kappa shape index (κ2) is 5.93. The Hall–Kier alpha value is -2.14. The Morgan fingerprint density at radius 1 is 1.18 bits per heavy atom. The minimum Gasteiger partial charge on any atom is -0.366 e. The van der Waals surface area contributed by atoms with Crippen LogP contribution in [0.2, 0.25) is 0 Å². The zero-order chi connectivity index (χ0) is 15.7. The van der Waals surface area contributed by atoms with Crippen LogP contribution in [-0.2, 0) is 6.54 Å². The van der Waals surface area contributed by atoms with Crippen LogP contribution in [0.1, 0.15) is 23.7 Å². The van der Waals surface area contributed by atoms with Gasteiger partial charge in [0.2, 0.25) is 0 Å². The molecular weight excluding hydrogens is 294 g/mol. The van der Waals surface area contributed by atoms with E-state index in [2.05, 4.69) is 48.9 Å². The fourth-order valence-corrected chi connectivity index (χ4v) is 3.42. The lowest BCUT2D eigenvalue weighted by Gasteiger charge is -2.23. The number of hydrogen-bond acceptors (Lipinski definition) is 4. The summed E-state index contributed by atoms with van der Waals surface area (Å²) in [7, 11) is 0. The van der Waals surface area contributed by atoms with Crippen LogP contribution in [0.25, 0.3) is 4.96 Å². The quantitative estimate of drug-likeness (QED) is 0.741. The third-order valence-electron chi connectivity index (χ3n) is 3.66. The van der Waals surface area contributed by atoms with Gasteiger partial charge in [0.15, 0.2) is 4.96 Å². The molecule has 0 saturated heterocycles. The second-order valence-electron chi connectivity index (χ2n) is 5.50. The van der Waals surface area contributed by atoms with Gasteiger partial charge in [-0.2, -0.15) is 0 Å². The van der Waals surface area contributed by atoms with E-state index in [1.165, 1.54) is 28.2 Å². The van der Waals surface area contributed by atoms with Crippen LogP contribution in [0.4, 0.5) is 5.69 Å². The van der Waals surface area contributed by atoms with Crippen molar-refractivity contribution < 1.29 is 0 Å². The molecule has 5 heteroatoms. The number of fused-ring (bicyclic) bond motifs is 1. The molecule has 1 aromatic carbocycles. The van der Waals surface area contributed by atoms with Gasteiger partial charge in [-0.25, -0.2) is 4.98 Å². The smallest absolute Gasteiger partial charge is 0.258 e. The summed E-state index contributed by atoms with van der Waals surface area (Å²) in [5.41, 5.74) is 4.46. The predicted molar refractivity (Wildman–Crippen MR) is 92.0 cm³/mol. The molecule has 0 spiro atoms. The highest BCUT2D eigenvalue weighted by Crippen LogP contribution is 2.20. The van der Waals surface area contributed by atoms with Crippen LogP contribution in [0.15, 0.2) is 40.6 Å². The van der Waals surface area contributed by atoms with Crippen molar-refractivity contribution in [3.05, 3.63) is 63.0 Å². The zero-order valence-corrected chi connectivity index (χ0v) is 13.9. The summed E-state index contributed by atoms with van der Waals surface area (Å²) in [6.07, 6.45) is 1.76. The van der Waals surface area contributed by atoms with Crippen LogP contribution in [-0.4, -0.2) is 15.9 Å². The molecule has 3 rings (SSSR count). The number of benzene rings is 1. The minimum absolute atomic E-state index is 0.0160. The third kappa shape index (κ3) is 2.90. The van der Waals surface area contributed by atoms with Crippen molar-refractivity contribution >= 4 is 22.0 Å². The average Bonchev–Trinajstić information content (AvgIpc) is 2.92. The van der Waals surface area contributed by atoms with Gasteiger partial charge in [0, 0.05) is 29.9 Å². The number of hydrogen-bond donors (Lipinski definition) is 0. The van der Waals surface area contributed by atoms with E-state index in [0.29, 0.717) is 6.54 Å². The lowest BCUT2D eigenvalue weighted by molar-refractivity contribution is 0.805. The van der Waals surface area contributed by atoms with E-state index in [-0.39, 0.29) is 5.56 Å². The lowest BCUT2D eigenvalue weighted by atomic mass is 10.1. The third-order valence-corrected chi connectivity index (χ3v) is 4.42. The van der Waals surface area contributed by atoms with Crippen LogP contribution in [0.5, 0.6) is 0 Å². The van der Waals surface area contributed by atoms with Crippen LogP contribution in [0.3, 0.4) is 0 Å². The first-order valence-electron chi connectivity index (χ1n) is 7.36. The molecule has 22 heavy (non-hydrogen) atoms. The largest absolute Gasteiger partial charge is 0.366 e. The molecule has 0 unspecified atom stereocenters. The number of aryl methyl sites for hydroxylation is 2. The predicted octanol–water partition coefficient (Wildman–Crippen LogP) is 3.40. The van der Waals surface area contributed by atoms with Crippen LogP contribution in [0, 0.1) is 13.8 Å². The van der Waals surface area contributed by atoms with Gasteiger partial charge < -0.3 is 4.90 Å². The number of aromatic nitrogens is 2. The fourth-order valence-electron chi connectivity index (χ4n) is 2.68. The van der Waals surface area contributed by atoms with Crippen molar-refractivity contribution in [3.63, 3.8) is 0 Å². The molecule has 2 aromatic heterocycles. The van der Waals surface area contributed by atoms with Crippen LogP contribution < -0.4 is 10.5 Å². The first-order valence-corrected chi connectivity index (χ1v) is 8.24. The molecular formula is C17H19N3OS. The number of anilines is 1. The summed E-state index contributed by atoms with van der Waals surface area (Å²) < 4.78 is 1.58. The highest BCUT2D eigenvalue weighted by atomic mass is 32.1. The van der Waals surface area contributed by atoms with Crippen molar-refractivity contribution in [1.82, 2.24) is 9.38 Å². The topological polar surface area (TPSA) is 37.6 Å². The fraction of sp³-hybridized carbons (Fsp3) is 0.294. The molecule has 0 aliphatic heterocycles. The summed E-state index contributed by atoms with van der Waals surface area (Å²) in [5, 5.41) is 1.88. The van der Waals surface area contributed by atoms with Crippen molar-refractivity contribution in [1.29, 1.82) is 0 Å². The standard InChI is InChI=1S/C17H19N3OS/c1-4-19(15-8-12(2)7-13(3)9-15)11-14-10-16(21)20-5-6-22-17(20)18-14/h5-10H,4,11H2,1-3H3. The Labute approximate surface area is 133 Å². The van der Waals surface area contributed by atoms with E-state index in [4.69, 9.17) is 0 Å². The van der Waals surface area contributed by atoms with Gasteiger partial charge in [-0.05, 0) is 44.0 Å². The van der Waals surface area contributed by atoms with Gasteiger partial charge in [-0.3, -0.25) is 9.20 Å². The molecule has 0 atom stereocenters.